The highest BCUT2D eigenvalue weighted by Crippen LogP contribution is 1.96. The molecule has 0 aromatic heterocycles. The molecule has 4 nitrogen and oxygen atoms in total. The minimum atomic E-state index is -1.05. The van der Waals surface area contributed by atoms with Crippen LogP contribution in [0.5, 0.6) is 0 Å². The number of carboxylic acid groups (broad SMARTS) is 1. The van der Waals surface area contributed by atoms with Gasteiger partial charge in [0.2, 0.25) is 6.08 Å². The van der Waals surface area contributed by atoms with Gasteiger partial charge in [-0.1, -0.05) is 6.58 Å². The molecule has 0 radical (unpaired) electrons. The molecule has 0 rings (SSSR count). The lowest BCUT2D eigenvalue weighted by atomic mass is 10.2. The molecular weight excluding hydrogens is 134 g/mol. The maximum atomic E-state index is 10.1. The molecule has 1 N–H and O–H groups in total. The predicted octanol–water partition coefficient (Wildman–Crippen LogP) is 0.353. The molecule has 0 aliphatic heterocycles. The molecule has 0 amide bonds. The molecule has 0 saturated carbocycles. The predicted molar refractivity (Wildman–Crippen MR) is 34.4 cm³/mol. The van der Waals surface area contributed by atoms with Crippen molar-refractivity contribution in [1.82, 2.24) is 0 Å². The van der Waals surface area contributed by atoms with E-state index in [1.165, 1.54) is 6.08 Å². The minimum absolute atomic E-state index is 0.0546. The summed E-state index contributed by atoms with van der Waals surface area (Å²) in [6.45, 7) is 3.38. The van der Waals surface area contributed by atoms with Gasteiger partial charge in [0.15, 0.2) is 0 Å². The first-order chi connectivity index (χ1) is 4.68. The van der Waals surface area contributed by atoms with Gasteiger partial charge in [0, 0.05) is 5.57 Å². The van der Waals surface area contributed by atoms with E-state index in [-0.39, 0.29) is 18.5 Å². The highest BCUT2D eigenvalue weighted by Gasteiger charge is 2.00. The minimum Gasteiger partial charge on any atom is -0.478 e. The number of rotatable bonds is 4. The van der Waals surface area contributed by atoms with Crippen molar-refractivity contribution in [2.24, 2.45) is 4.99 Å². The Kier molecular flexibility index (Phi) is 3.84. The first-order valence-corrected chi connectivity index (χ1v) is 2.63. The lowest BCUT2D eigenvalue weighted by molar-refractivity contribution is -0.132. The average Bonchev–Trinajstić information content (AvgIpc) is 1.88. The Morgan fingerprint density at radius 2 is 2.30 bits per heavy atom. The topological polar surface area (TPSA) is 66.7 Å². The Morgan fingerprint density at radius 1 is 1.70 bits per heavy atom. The molecule has 0 aliphatic rings. The third kappa shape index (κ3) is 3.57. The van der Waals surface area contributed by atoms with Crippen molar-refractivity contribution in [1.29, 1.82) is 0 Å². The van der Waals surface area contributed by atoms with Gasteiger partial charge in [-0.05, 0) is 6.42 Å². The van der Waals surface area contributed by atoms with E-state index in [2.05, 4.69) is 11.6 Å². The van der Waals surface area contributed by atoms with Crippen molar-refractivity contribution in [3.05, 3.63) is 12.2 Å². The molecule has 0 heterocycles. The van der Waals surface area contributed by atoms with E-state index >= 15 is 0 Å². The molecule has 0 aliphatic carbocycles. The van der Waals surface area contributed by atoms with E-state index in [0.717, 1.165) is 0 Å². The summed E-state index contributed by atoms with van der Waals surface area (Å²) in [5.41, 5.74) is 0.0546. The van der Waals surface area contributed by atoms with E-state index in [0.29, 0.717) is 0 Å². The van der Waals surface area contributed by atoms with Gasteiger partial charge in [0.1, 0.15) is 0 Å². The summed E-state index contributed by atoms with van der Waals surface area (Å²) in [5.74, 6) is -1.05. The van der Waals surface area contributed by atoms with Crippen molar-refractivity contribution in [3.63, 3.8) is 0 Å². The number of aliphatic imine (C=N–C) groups is 1. The second-order valence-corrected chi connectivity index (χ2v) is 1.63. The van der Waals surface area contributed by atoms with Crippen LogP contribution >= 0.6 is 0 Å². The molecule has 54 valence electrons. The summed E-state index contributed by atoms with van der Waals surface area (Å²) in [6, 6.07) is 0. The van der Waals surface area contributed by atoms with Crippen molar-refractivity contribution in [2.45, 2.75) is 6.42 Å². The first-order valence-electron chi connectivity index (χ1n) is 2.63. The molecule has 0 spiro atoms. The summed E-state index contributed by atoms with van der Waals surface area (Å²) in [7, 11) is 0. The van der Waals surface area contributed by atoms with Gasteiger partial charge in [-0.3, -0.25) is 0 Å². The Morgan fingerprint density at radius 3 is 2.70 bits per heavy atom. The van der Waals surface area contributed by atoms with Gasteiger partial charge in [0.25, 0.3) is 0 Å². The number of carbonyl (C=O) groups is 1. The molecule has 4 heteroatoms. The number of hydrogen-bond acceptors (Lipinski definition) is 3. The van der Waals surface area contributed by atoms with Crippen LogP contribution in [-0.4, -0.2) is 23.7 Å². The molecule has 0 fully saturated rings. The largest absolute Gasteiger partial charge is 0.478 e. The highest BCUT2D eigenvalue weighted by atomic mass is 16.4. The highest BCUT2D eigenvalue weighted by molar-refractivity contribution is 5.85. The van der Waals surface area contributed by atoms with Crippen molar-refractivity contribution in [2.75, 3.05) is 6.54 Å². The van der Waals surface area contributed by atoms with Gasteiger partial charge in [-0.2, -0.15) is 0 Å². The van der Waals surface area contributed by atoms with Crippen LogP contribution in [-0.2, 0) is 9.59 Å². The van der Waals surface area contributed by atoms with Crippen molar-refractivity contribution < 1.29 is 14.7 Å². The number of carboxylic acids is 1. The molecule has 0 aromatic carbocycles. The Bertz CT molecular complexity index is 191. The van der Waals surface area contributed by atoms with E-state index in [9.17, 15) is 9.59 Å². The quantitative estimate of drug-likeness (QED) is 0.349. The standard InChI is InChI=1S/C6H7NO3/c1-5(6(9)10)2-3-7-4-8/h1-3H2,(H,9,10). The fourth-order valence-corrected chi connectivity index (χ4v) is 0.343. The summed E-state index contributed by atoms with van der Waals surface area (Å²) >= 11 is 0. The molecule has 0 bridgehead atoms. The second kappa shape index (κ2) is 4.47. The van der Waals surface area contributed by atoms with Crippen molar-refractivity contribution in [3.8, 4) is 0 Å². The zero-order valence-corrected chi connectivity index (χ0v) is 5.33. The van der Waals surface area contributed by atoms with Crippen LogP contribution in [0.2, 0.25) is 0 Å². The van der Waals surface area contributed by atoms with Gasteiger partial charge in [-0.25, -0.2) is 14.6 Å². The zero-order chi connectivity index (χ0) is 7.98. The monoisotopic (exact) mass is 141 g/mol. The molecule has 0 atom stereocenters. The van der Waals surface area contributed by atoms with Crippen LogP contribution in [0.4, 0.5) is 0 Å². The van der Waals surface area contributed by atoms with E-state index < -0.39 is 5.97 Å². The van der Waals surface area contributed by atoms with Crippen LogP contribution in [0.3, 0.4) is 0 Å². The third-order valence-corrected chi connectivity index (χ3v) is 0.892. The Labute approximate surface area is 57.9 Å². The lowest BCUT2D eigenvalue weighted by Gasteiger charge is -1.92. The number of hydrogen-bond donors (Lipinski definition) is 1. The number of isocyanates is 1. The maximum Gasteiger partial charge on any atom is 0.331 e. The van der Waals surface area contributed by atoms with Crippen LogP contribution < -0.4 is 0 Å². The molecular formula is C6H7NO3. The summed E-state index contributed by atoms with van der Waals surface area (Å²) in [5, 5.41) is 8.24. The van der Waals surface area contributed by atoms with E-state index in [1.807, 2.05) is 0 Å². The first kappa shape index (κ1) is 8.59. The third-order valence-electron chi connectivity index (χ3n) is 0.892. The maximum absolute atomic E-state index is 10.1. The van der Waals surface area contributed by atoms with Crippen LogP contribution in [0, 0.1) is 0 Å². The molecule has 0 unspecified atom stereocenters. The van der Waals surface area contributed by atoms with Crippen LogP contribution in [0.15, 0.2) is 17.1 Å². The van der Waals surface area contributed by atoms with Crippen LogP contribution in [0.1, 0.15) is 6.42 Å². The van der Waals surface area contributed by atoms with E-state index in [4.69, 9.17) is 5.11 Å². The fourth-order valence-electron chi connectivity index (χ4n) is 0.343. The Hall–Kier alpha value is -1.41. The normalized spacial score (nSPS) is 8.00. The summed E-state index contributed by atoms with van der Waals surface area (Å²) in [6.07, 6.45) is 1.50. The second-order valence-electron chi connectivity index (χ2n) is 1.63. The van der Waals surface area contributed by atoms with E-state index in [1.54, 1.807) is 0 Å². The number of carbonyl (C=O) groups excluding carboxylic acids is 1. The average molecular weight is 141 g/mol. The zero-order valence-electron chi connectivity index (χ0n) is 5.33. The summed E-state index contributed by atoms with van der Waals surface area (Å²) < 4.78 is 0. The van der Waals surface area contributed by atoms with Crippen molar-refractivity contribution >= 4 is 12.0 Å². The lowest BCUT2D eigenvalue weighted by Crippen LogP contribution is -1.99. The SMILES string of the molecule is C=C(CCN=C=O)C(=O)O. The number of nitrogens with zero attached hydrogens (tertiary/aromatic N) is 1. The fraction of sp³-hybridized carbons (Fsp3) is 0.333. The molecule has 10 heavy (non-hydrogen) atoms. The van der Waals surface area contributed by atoms with Crippen LogP contribution in [0.25, 0.3) is 0 Å². The van der Waals surface area contributed by atoms with Gasteiger partial charge in [-0.15, -0.1) is 0 Å². The smallest absolute Gasteiger partial charge is 0.331 e. The number of aliphatic carboxylic acids is 1. The molecule has 0 saturated heterocycles. The Balaban J connectivity index is 3.60. The summed E-state index contributed by atoms with van der Waals surface area (Å²) in [4.78, 5) is 22.7. The van der Waals surface area contributed by atoms with Gasteiger partial charge in [0.05, 0.1) is 6.54 Å². The molecule has 0 aromatic rings. The van der Waals surface area contributed by atoms with Gasteiger partial charge < -0.3 is 5.11 Å². The van der Waals surface area contributed by atoms with Gasteiger partial charge >= 0.3 is 5.97 Å².